The Hall–Kier alpha value is -1.89. The minimum absolute atomic E-state index is 0.0307. The standard InChI is InChI=1S/C36H57NO6/c1-22(2)25-11-16-36(31(41)37-19-20-38)18-17-34(7)26(30(25)36)9-10-28-32(5)14-13-29(43-24(4)40)33(6,21-42-23(3)39)27(32)12-15-35(28,34)8/h25-30,38H,1,9-21H2,2-8H3,(H,37,41)/t25-,26?,27+,28+,29-,30+,32-,33-,34+,35+,36-/m0/s1. The topological polar surface area (TPSA) is 102 Å². The number of allylic oxidation sites excluding steroid dienone is 1. The average Bonchev–Trinajstić information content (AvgIpc) is 3.34. The van der Waals surface area contributed by atoms with Crippen LogP contribution in [-0.4, -0.2) is 48.8 Å². The molecule has 0 saturated heterocycles. The highest BCUT2D eigenvalue weighted by atomic mass is 16.6. The molecule has 242 valence electrons. The van der Waals surface area contributed by atoms with E-state index in [0.29, 0.717) is 24.3 Å². The third-order valence-corrected chi connectivity index (χ3v) is 14.6. The van der Waals surface area contributed by atoms with Gasteiger partial charge in [-0.2, -0.15) is 0 Å². The Bertz CT molecular complexity index is 1150. The lowest BCUT2D eigenvalue weighted by atomic mass is 9.32. The molecule has 0 aromatic heterocycles. The van der Waals surface area contributed by atoms with E-state index in [1.165, 1.54) is 19.4 Å². The molecule has 5 fully saturated rings. The second-order valence-corrected chi connectivity index (χ2v) is 16.2. The van der Waals surface area contributed by atoms with Gasteiger partial charge >= 0.3 is 11.9 Å². The molecule has 5 aliphatic carbocycles. The first-order chi connectivity index (χ1) is 20.1. The smallest absolute Gasteiger partial charge is 0.302 e. The first kappa shape index (κ1) is 32.5. The first-order valence-electron chi connectivity index (χ1n) is 17.0. The Kier molecular flexibility index (Phi) is 8.44. The summed E-state index contributed by atoms with van der Waals surface area (Å²) in [5.41, 5.74) is 0.618. The fourth-order valence-electron chi connectivity index (χ4n) is 12.5. The normalized spacial score (nSPS) is 46.8. The first-order valence-corrected chi connectivity index (χ1v) is 17.0. The van der Waals surface area contributed by atoms with Gasteiger partial charge in [-0.05, 0) is 117 Å². The third kappa shape index (κ3) is 4.72. The number of rotatable bonds is 7. The van der Waals surface area contributed by atoms with Crippen LogP contribution in [0.2, 0.25) is 0 Å². The van der Waals surface area contributed by atoms with Crippen LogP contribution in [0.15, 0.2) is 12.2 Å². The lowest BCUT2D eigenvalue weighted by Gasteiger charge is -2.73. The zero-order valence-electron chi connectivity index (χ0n) is 27.9. The lowest BCUT2D eigenvalue weighted by molar-refractivity contribution is -0.256. The average molecular weight is 600 g/mol. The minimum atomic E-state index is -0.438. The molecule has 0 spiro atoms. The SMILES string of the molecule is C=C(C)[C@@H]1CC[C@]2(C(=O)NCCO)CC[C@]3(C)C(CC[C@@H]4[C@@]5(C)CC[C@H](OC(C)=O)[C@@](C)(COC(C)=O)[C@@H]5CC[C@]43C)[C@@H]12. The van der Waals surface area contributed by atoms with E-state index in [1.54, 1.807) is 0 Å². The molecule has 43 heavy (non-hydrogen) atoms. The number of aliphatic hydroxyl groups excluding tert-OH is 1. The molecule has 5 aliphatic rings. The summed E-state index contributed by atoms with van der Waals surface area (Å²) < 4.78 is 11.7. The maximum absolute atomic E-state index is 13.9. The number of fused-ring (bicyclic) bond motifs is 7. The van der Waals surface area contributed by atoms with Gasteiger partial charge < -0.3 is 19.9 Å². The monoisotopic (exact) mass is 599 g/mol. The minimum Gasteiger partial charge on any atom is -0.465 e. The number of carbonyl (C=O) groups excluding carboxylic acids is 3. The van der Waals surface area contributed by atoms with Crippen LogP contribution in [-0.2, 0) is 23.9 Å². The van der Waals surface area contributed by atoms with Gasteiger partial charge in [0.1, 0.15) is 12.7 Å². The number of amides is 1. The molecule has 0 aromatic carbocycles. The van der Waals surface area contributed by atoms with Crippen LogP contribution >= 0.6 is 0 Å². The maximum Gasteiger partial charge on any atom is 0.302 e. The zero-order chi connectivity index (χ0) is 31.6. The second kappa shape index (κ2) is 11.2. The molecule has 1 unspecified atom stereocenters. The number of nitrogens with one attached hydrogen (secondary N) is 1. The van der Waals surface area contributed by atoms with E-state index >= 15 is 0 Å². The maximum atomic E-state index is 13.9. The molecule has 7 nitrogen and oxygen atoms in total. The molecule has 5 saturated carbocycles. The summed E-state index contributed by atoms with van der Waals surface area (Å²) in [4.78, 5) is 38.0. The van der Waals surface area contributed by atoms with Crippen molar-refractivity contribution in [2.45, 2.75) is 119 Å². The fourth-order valence-corrected chi connectivity index (χ4v) is 12.5. The molecular weight excluding hydrogens is 542 g/mol. The van der Waals surface area contributed by atoms with Gasteiger partial charge in [0, 0.05) is 25.8 Å². The highest BCUT2D eigenvalue weighted by molar-refractivity contribution is 5.84. The molecule has 0 heterocycles. The van der Waals surface area contributed by atoms with Crippen LogP contribution in [0.1, 0.15) is 113 Å². The van der Waals surface area contributed by atoms with Crippen LogP contribution < -0.4 is 5.32 Å². The predicted octanol–water partition coefficient (Wildman–Crippen LogP) is 6.23. The summed E-state index contributed by atoms with van der Waals surface area (Å²) in [5.74, 6) is 1.42. The van der Waals surface area contributed by atoms with Gasteiger partial charge in [-0.25, -0.2) is 0 Å². The van der Waals surface area contributed by atoms with Gasteiger partial charge in [0.25, 0.3) is 0 Å². The summed E-state index contributed by atoms with van der Waals surface area (Å²) in [7, 11) is 0. The quantitative estimate of drug-likeness (QED) is 0.266. The molecular formula is C36H57NO6. The van der Waals surface area contributed by atoms with Gasteiger partial charge in [0.15, 0.2) is 0 Å². The molecule has 0 aliphatic heterocycles. The van der Waals surface area contributed by atoms with Crippen molar-refractivity contribution in [3.63, 3.8) is 0 Å². The summed E-state index contributed by atoms with van der Waals surface area (Å²) in [6.45, 7) is 19.9. The summed E-state index contributed by atoms with van der Waals surface area (Å²) >= 11 is 0. The fraction of sp³-hybridized carbons (Fsp3) is 0.861. The number of carbonyl (C=O) groups is 3. The van der Waals surface area contributed by atoms with E-state index in [2.05, 4.69) is 46.5 Å². The van der Waals surface area contributed by atoms with E-state index < -0.39 is 5.41 Å². The second-order valence-electron chi connectivity index (χ2n) is 16.2. The van der Waals surface area contributed by atoms with Crippen LogP contribution in [0.25, 0.3) is 0 Å². The van der Waals surface area contributed by atoms with Gasteiger partial charge in [0.2, 0.25) is 5.91 Å². The Balaban J connectivity index is 1.51. The highest BCUT2D eigenvalue weighted by Gasteiger charge is 2.72. The predicted molar refractivity (Wildman–Crippen MR) is 166 cm³/mol. The number of hydrogen-bond donors (Lipinski definition) is 2. The van der Waals surface area contributed by atoms with E-state index in [1.807, 2.05) is 0 Å². The van der Waals surface area contributed by atoms with Crippen LogP contribution in [0, 0.1) is 56.7 Å². The highest BCUT2D eigenvalue weighted by Crippen LogP contribution is 2.77. The zero-order valence-corrected chi connectivity index (χ0v) is 27.9. The van der Waals surface area contributed by atoms with Crippen molar-refractivity contribution in [1.82, 2.24) is 5.32 Å². The Morgan fingerprint density at radius 1 is 0.837 bits per heavy atom. The van der Waals surface area contributed by atoms with Gasteiger partial charge in [-0.15, -0.1) is 0 Å². The Labute approximate surface area is 259 Å². The molecule has 0 radical (unpaired) electrons. The summed E-state index contributed by atoms with van der Waals surface area (Å²) in [5, 5.41) is 12.6. The van der Waals surface area contributed by atoms with Crippen LogP contribution in [0.4, 0.5) is 0 Å². The number of hydrogen-bond acceptors (Lipinski definition) is 6. The lowest BCUT2D eigenvalue weighted by Crippen LogP contribution is -2.68. The van der Waals surface area contributed by atoms with Crippen molar-refractivity contribution in [2.75, 3.05) is 19.8 Å². The van der Waals surface area contributed by atoms with Crippen molar-refractivity contribution in [3.8, 4) is 0 Å². The third-order valence-electron chi connectivity index (χ3n) is 14.6. The molecule has 7 heteroatoms. The summed E-state index contributed by atoms with van der Waals surface area (Å²) in [6.07, 6.45) is 9.71. The molecule has 2 N–H and O–H groups in total. The van der Waals surface area contributed by atoms with Crippen LogP contribution in [0.5, 0.6) is 0 Å². The molecule has 5 rings (SSSR count). The van der Waals surface area contributed by atoms with E-state index in [9.17, 15) is 19.5 Å². The molecule has 0 bridgehead atoms. The van der Waals surface area contributed by atoms with Gasteiger partial charge in [0.05, 0.1) is 12.0 Å². The van der Waals surface area contributed by atoms with Crippen LogP contribution in [0.3, 0.4) is 0 Å². The van der Waals surface area contributed by atoms with Crippen molar-refractivity contribution in [1.29, 1.82) is 0 Å². The number of ether oxygens (including phenoxy) is 2. The molecule has 11 atom stereocenters. The van der Waals surface area contributed by atoms with Crippen molar-refractivity contribution in [3.05, 3.63) is 12.2 Å². The Morgan fingerprint density at radius 2 is 1.56 bits per heavy atom. The Morgan fingerprint density at radius 3 is 2.19 bits per heavy atom. The van der Waals surface area contributed by atoms with Crippen molar-refractivity contribution in [2.24, 2.45) is 56.7 Å². The van der Waals surface area contributed by atoms with E-state index in [0.717, 1.165) is 64.2 Å². The van der Waals surface area contributed by atoms with Crippen molar-refractivity contribution >= 4 is 17.8 Å². The van der Waals surface area contributed by atoms with Crippen molar-refractivity contribution < 1.29 is 29.0 Å². The molecule has 0 aromatic rings. The summed E-state index contributed by atoms with van der Waals surface area (Å²) in [6, 6.07) is 0. The largest absolute Gasteiger partial charge is 0.465 e. The van der Waals surface area contributed by atoms with Gasteiger partial charge in [-0.3, -0.25) is 14.4 Å². The van der Waals surface area contributed by atoms with Gasteiger partial charge in [-0.1, -0.05) is 39.8 Å². The molecule has 1 amide bonds. The number of esters is 2. The van der Waals surface area contributed by atoms with E-state index in [-0.39, 0.29) is 70.7 Å². The number of aliphatic hydroxyl groups is 1. The van der Waals surface area contributed by atoms with E-state index in [4.69, 9.17) is 9.47 Å².